The molecule has 2 N–H and O–H groups in total. The van der Waals surface area contributed by atoms with Crippen molar-refractivity contribution < 1.29 is 9.13 Å². The maximum absolute atomic E-state index is 13.8. The minimum atomic E-state index is -0.433. The average molecular weight is 277 g/mol. The van der Waals surface area contributed by atoms with Gasteiger partial charge in [0.2, 0.25) is 0 Å². The zero-order valence-corrected chi connectivity index (χ0v) is 11.9. The van der Waals surface area contributed by atoms with Crippen molar-refractivity contribution in [1.82, 2.24) is 9.55 Å². The second-order valence-electron chi connectivity index (χ2n) is 4.65. The van der Waals surface area contributed by atoms with Crippen LogP contribution in [0.4, 0.5) is 10.1 Å². The van der Waals surface area contributed by atoms with E-state index in [9.17, 15) is 4.39 Å². The third kappa shape index (κ3) is 2.92. The number of ether oxygens (including phenoxy) is 1. The summed E-state index contributed by atoms with van der Waals surface area (Å²) in [5, 5.41) is 0. The van der Waals surface area contributed by atoms with Gasteiger partial charge < -0.3 is 15.0 Å². The molecule has 0 saturated carbocycles. The predicted octanol–water partition coefficient (Wildman–Crippen LogP) is 3.33. The van der Waals surface area contributed by atoms with Gasteiger partial charge in [-0.15, -0.1) is 0 Å². The molecule has 0 fully saturated rings. The number of halogens is 1. The van der Waals surface area contributed by atoms with Crippen LogP contribution in [0, 0.1) is 5.82 Å². The van der Waals surface area contributed by atoms with E-state index in [1.165, 1.54) is 6.07 Å². The van der Waals surface area contributed by atoms with Crippen LogP contribution in [0.5, 0.6) is 5.75 Å². The van der Waals surface area contributed by atoms with Crippen molar-refractivity contribution >= 4 is 5.69 Å². The molecule has 2 rings (SSSR count). The van der Waals surface area contributed by atoms with Gasteiger partial charge in [-0.2, -0.15) is 0 Å². The van der Waals surface area contributed by atoms with E-state index in [1.807, 2.05) is 17.7 Å². The van der Waals surface area contributed by atoms with E-state index in [1.54, 1.807) is 12.3 Å². The monoisotopic (exact) mass is 277 g/mol. The van der Waals surface area contributed by atoms with Gasteiger partial charge in [0, 0.05) is 30.9 Å². The van der Waals surface area contributed by atoms with Gasteiger partial charge in [0.15, 0.2) is 11.6 Å². The molecule has 108 valence electrons. The van der Waals surface area contributed by atoms with Gasteiger partial charge in [0.05, 0.1) is 18.0 Å². The van der Waals surface area contributed by atoms with Gasteiger partial charge in [-0.1, -0.05) is 13.8 Å². The summed E-state index contributed by atoms with van der Waals surface area (Å²) in [4.78, 5) is 4.31. The predicted molar refractivity (Wildman–Crippen MR) is 77.7 cm³/mol. The fourth-order valence-corrected chi connectivity index (χ4v) is 2.05. The Balaban J connectivity index is 2.42. The molecule has 2 aromatic rings. The molecule has 4 nitrogen and oxygen atoms in total. The lowest BCUT2D eigenvalue weighted by atomic mass is 10.2. The summed E-state index contributed by atoms with van der Waals surface area (Å²) < 4.78 is 21.1. The zero-order valence-electron chi connectivity index (χ0n) is 11.9. The Morgan fingerprint density at radius 3 is 2.80 bits per heavy atom. The van der Waals surface area contributed by atoms with Gasteiger partial charge >= 0.3 is 0 Å². The second kappa shape index (κ2) is 6.41. The molecule has 0 unspecified atom stereocenters. The van der Waals surface area contributed by atoms with Gasteiger partial charge in [0.25, 0.3) is 0 Å². The number of hydrogen-bond acceptors (Lipinski definition) is 3. The lowest BCUT2D eigenvalue weighted by Crippen LogP contribution is -2.06. The first-order valence-electron chi connectivity index (χ1n) is 6.91. The number of nitrogens with zero attached hydrogens (tertiary/aromatic N) is 2. The number of imidazole rings is 1. The highest BCUT2D eigenvalue weighted by Gasteiger charge is 2.13. The first-order valence-corrected chi connectivity index (χ1v) is 6.91. The number of hydrogen-bond donors (Lipinski definition) is 1. The average Bonchev–Trinajstić information content (AvgIpc) is 2.86. The van der Waals surface area contributed by atoms with Crippen molar-refractivity contribution in [2.75, 3.05) is 12.3 Å². The van der Waals surface area contributed by atoms with Gasteiger partial charge in [-0.3, -0.25) is 0 Å². The number of benzene rings is 1. The molecule has 1 aromatic heterocycles. The number of nitrogens with two attached hydrogens (primary N) is 1. The van der Waals surface area contributed by atoms with E-state index < -0.39 is 5.82 Å². The Labute approximate surface area is 118 Å². The molecule has 0 aliphatic rings. The summed E-state index contributed by atoms with van der Waals surface area (Å²) in [7, 11) is 0. The quantitative estimate of drug-likeness (QED) is 0.824. The molecular formula is C15H20FN3O. The Morgan fingerprint density at radius 1 is 1.30 bits per heavy atom. The highest BCUT2D eigenvalue weighted by molar-refractivity contribution is 5.61. The van der Waals surface area contributed by atoms with E-state index in [4.69, 9.17) is 10.5 Å². The molecule has 0 radical (unpaired) electrons. The van der Waals surface area contributed by atoms with Crippen molar-refractivity contribution in [3.05, 3.63) is 36.2 Å². The molecule has 5 heteroatoms. The van der Waals surface area contributed by atoms with E-state index in [-0.39, 0.29) is 5.75 Å². The van der Waals surface area contributed by atoms with Gasteiger partial charge in [-0.05, 0) is 12.8 Å². The molecule has 0 bridgehead atoms. The third-order valence-electron chi connectivity index (χ3n) is 2.99. The van der Waals surface area contributed by atoms with Crippen molar-refractivity contribution in [3.8, 4) is 11.4 Å². The molecule has 20 heavy (non-hydrogen) atoms. The Hall–Kier alpha value is -2.04. The van der Waals surface area contributed by atoms with Crippen LogP contribution in [0.15, 0.2) is 24.5 Å². The van der Waals surface area contributed by atoms with Crippen LogP contribution in [-0.2, 0) is 6.42 Å². The van der Waals surface area contributed by atoms with Crippen LogP contribution in [0.1, 0.15) is 32.5 Å². The van der Waals surface area contributed by atoms with Crippen molar-refractivity contribution in [2.45, 2.75) is 33.1 Å². The summed E-state index contributed by atoms with van der Waals surface area (Å²) >= 11 is 0. The normalized spacial score (nSPS) is 10.8. The number of aryl methyl sites for hydroxylation is 1. The summed E-state index contributed by atoms with van der Waals surface area (Å²) in [5.41, 5.74) is 7.01. The lowest BCUT2D eigenvalue weighted by molar-refractivity contribution is 0.301. The minimum absolute atomic E-state index is 0.229. The number of nitrogen functional groups attached to an aromatic ring is 1. The van der Waals surface area contributed by atoms with Crippen LogP contribution < -0.4 is 10.5 Å². The fraction of sp³-hybridized carbons (Fsp3) is 0.400. The summed E-state index contributed by atoms with van der Waals surface area (Å²) in [5.74, 6) is 0.705. The van der Waals surface area contributed by atoms with Crippen molar-refractivity contribution in [1.29, 1.82) is 0 Å². The highest BCUT2D eigenvalue weighted by Crippen LogP contribution is 2.28. The zero-order chi connectivity index (χ0) is 14.5. The fourth-order valence-electron chi connectivity index (χ4n) is 2.05. The van der Waals surface area contributed by atoms with Crippen molar-refractivity contribution in [2.24, 2.45) is 0 Å². The molecule has 1 aromatic carbocycles. The molecule has 1 heterocycles. The first-order chi connectivity index (χ1) is 9.67. The number of rotatable bonds is 6. The molecular weight excluding hydrogens is 257 g/mol. The SMILES string of the molecule is CCCOc1cc(-n2ccnc2CCC)c(N)cc1F. The van der Waals surface area contributed by atoms with E-state index >= 15 is 0 Å². The van der Waals surface area contributed by atoms with Crippen LogP contribution in [0.3, 0.4) is 0 Å². The Kier molecular flexibility index (Phi) is 4.61. The van der Waals surface area contributed by atoms with Crippen molar-refractivity contribution in [3.63, 3.8) is 0 Å². The van der Waals surface area contributed by atoms with E-state index in [0.29, 0.717) is 18.0 Å². The molecule has 0 saturated heterocycles. The van der Waals surface area contributed by atoms with Crippen LogP contribution >= 0.6 is 0 Å². The van der Waals surface area contributed by atoms with Crippen LogP contribution in [0.25, 0.3) is 5.69 Å². The summed E-state index contributed by atoms with van der Waals surface area (Å²) in [6.45, 7) is 4.54. The molecule has 0 spiro atoms. The van der Waals surface area contributed by atoms with Crippen LogP contribution in [-0.4, -0.2) is 16.2 Å². The molecule has 0 aliphatic carbocycles. The molecule has 0 atom stereocenters. The van der Waals surface area contributed by atoms with Gasteiger partial charge in [-0.25, -0.2) is 9.37 Å². The maximum Gasteiger partial charge on any atom is 0.167 e. The summed E-state index contributed by atoms with van der Waals surface area (Å²) in [6.07, 6.45) is 6.20. The minimum Gasteiger partial charge on any atom is -0.490 e. The number of anilines is 1. The third-order valence-corrected chi connectivity index (χ3v) is 2.99. The first kappa shape index (κ1) is 14.4. The maximum atomic E-state index is 13.8. The lowest BCUT2D eigenvalue weighted by Gasteiger charge is -2.13. The van der Waals surface area contributed by atoms with Crippen LogP contribution in [0.2, 0.25) is 0 Å². The standard InChI is InChI=1S/C15H20FN3O/c1-3-5-15-18-6-7-19(15)13-10-14(20-8-4-2)11(16)9-12(13)17/h6-7,9-10H,3-5,8,17H2,1-2H3. The largest absolute Gasteiger partial charge is 0.490 e. The smallest absolute Gasteiger partial charge is 0.167 e. The van der Waals surface area contributed by atoms with E-state index in [2.05, 4.69) is 11.9 Å². The van der Waals surface area contributed by atoms with Gasteiger partial charge in [0.1, 0.15) is 5.82 Å². The second-order valence-corrected chi connectivity index (χ2v) is 4.65. The summed E-state index contributed by atoms with van der Waals surface area (Å²) in [6, 6.07) is 2.94. The molecule has 0 amide bonds. The number of aromatic nitrogens is 2. The Bertz CT molecular complexity index is 580. The highest BCUT2D eigenvalue weighted by atomic mass is 19.1. The molecule has 0 aliphatic heterocycles. The van der Waals surface area contributed by atoms with E-state index in [0.717, 1.165) is 25.1 Å². The topological polar surface area (TPSA) is 53.1 Å². The Morgan fingerprint density at radius 2 is 2.10 bits per heavy atom.